The molecule has 3 aromatic rings. The zero-order valence-electron chi connectivity index (χ0n) is 22.0. The van der Waals surface area contributed by atoms with E-state index in [1.807, 2.05) is 74.5 Å². The van der Waals surface area contributed by atoms with Crippen LogP contribution < -0.4 is 10.6 Å². The molecule has 2 N–H and O–H groups in total. The van der Waals surface area contributed by atoms with E-state index >= 15 is 0 Å². The fourth-order valence-corrected chi connectivity index (χ4v) is 4.22. The largest absolute Gasteiger partial charge is 0.444 e. The minimum atomic E-state index is -0.909. The standard InChI is InChI=1S/C29H35N3O4/c1-18-11-10-12-19(2)24(18)25(32(7)27(34)20(3)30-28(35)36-29(4,5)6)26(33)31-23-16-15-21-13-8-9-14-22(21)17-23/h8-17,20,25H,1-7H3,(H,30,35)(H,31,33). The Hall–Kier alpha value is -3.87. The topological polar surface area (TPSA) is 87.7 Å². The lowest BCUT2D eigenvalue weighted by atomic mass is 9.94. The van der Waals surface area contributed by atoms with Gasteiger partial charge >= 0.3 is 6.09 Å². The molecule has 0 aliphatic carbocycles. The van der Waals surface area contributed by atoms with Gasteiger partial charge in [-0.2, -0.15) is 0 Å². The lowest BCUT2D eigenvalue weighted by Gasteiger charge is -2.32. The van der Waals surface area contributed by atoms with Gasteiger partial charge in [0.25, 0.3) is 5.91 Å². The SMILES string of the molecule is Cc1cccc(C)c1C(C(=O)Nc1ccc2ccccc2c1)N(C)C(=O)C(C)NC(=O)OC(C)(C)C. The van der Waals surface area contributed by atoms with E-state index in [0.717, 1.165) is 27.5 Å². The minimum Gasteiger partial charge on any atom is -0.444 e. The highest BCUT2D eigenvalue weighted by molar-refractivity contribution is 6.00. The van der Waals surface area contributed by atoms with Crippen molar-refractivity contribution in [2.45, 2.75) is 59.2 Å². The molecule has 7 nitrogen and oxygen atoms in total. The normalized spacial score (nSPS) is 13.0. The van der Waals surface area contributed by atoms with E-state index in [2.05, 4.69) is 10.6 Å². The Balaban J connectivity index is 1.91. The van der Waals surface area contributed by atoms with Crippen molar-refractivity contribution in [3.8, 4) is 0 Å². The van der Waals surface area contributed by atoms with Crippen LogP contribution in [0.3, 0.4) is 0 Å². The van der Waals surface area contributed by atoms with Crippen LogP contribution in [0, 0.1) is 13.8 Å². The molecule has 0 aliphatic rings. The molecule has 190 valence electrons. The van der Waals surface area contributed by atoms with Gasteiger partial charge < -0.3 is 20.3 Å². The summed E-state index contributed by atoms with van der Waals surface area (Å²) in [5.41, 5.74) is 2.47. The number of amides is 3. The molecule has 0 aliphatic heterocycles. The second-order valence-electron chi connectivity index (χ2n) is 10.1. The second kappa shape index (κ2) is 10.8. The van der Waals surface area contributed by atoms with Crippen LogP contribution in [-0.2, 0) is 14.3 Å². The predicted octanol–water partition coefficient (Wildman–Crippen LogP) is 5.51. The number of hydrogen-bond acceptors (Lipinski definition) is 4. The molecule has 0 spiro atoms. The fraction of sp³-hybridized carbons (Fsp3) is 0.345. The van der Waals surface area contributed by atoms with E-state index < -0.39 is 29.7 Å². The average molecular weight is 490 g/mol. The first-order valence-corrected chi connectivity index (χ1v) is 12.0. The van der Waals surface area contributed by atoms with Crippen LogP contribution in [0.4, 0.5) is 10.5 Å². The smallest absolute Gasteiger partial charge is 0.408 e. The van der Waals surface area contributed by atoms with Crippen LogP contribution in [-0.4, -0.2) is 41.5 Å². The molecule has 3 amide bonds. The van der Waals surface area contributed by atoms with Crippen molar-refractivity contribution in [3.05, 3.63) is 77.4 Å². The van der Waals surface area contributed by atoms with Crippen molar-refractivity contribution in [2.24, 2.45) is 0 Å². The van der Waals surface area contributed by atoms with Crippen molar-refractivity contribution < 1.29 is 19.1 Å². The highest BCUT2D eigenvalue weighted by Crippen LogP contribution is 2.29. The Morgan fingerprint density at radius 1 is 0.889 bits per heavy atom. The number of carbonyl (C=O) groups is 3. The number of benzene rings is 3. The summed E-state index contributed by atoms with van der Waals surface area (Å²) in [5, 5.41) is 7.63. The Kier molecular flexibility index (Phi) is 8.03. The highest BCUT2D eigenvalue weighted by Gasteiger charge is 2.34. The third-order valence-electron chi connectivity index (χ3n) is 5.92. The van der Waals surface area contributed by atoms with Crippen molar-refractivity contribution in [1.82, 2.24) is 10.2 Å². The van der Waals surface area contributed by atoms with Gasteiger partial charge in [-0.1, -0.05) is 48.5 Å². The maximum Gasteiger partial charge on any atom is 0.408 e. The zero-order valence-corrected chi connectivity index (χ0v) is 22.0. The third kappa shape index (κ3) is 6.42. The molecule has 0 heterocycles. The number of likely N-dealkylation sites (N-methyl/N-ethyl adjacent to an activating group) is 1. The van der Waals surface area contributed by atoms with E-state index in [4.69, 9.17) is 4.74 Å². The Bertz CT molecular complexity index is 1260. The van der Waals surface area contributed by atoms with Crippen LogP contribution in [0.2, 0.25) is 0 Å². The van der Waals surface area contributed by atoms with Crippen molar-refractivity contribution in [3.63, 3.8) is 0 Å². The summed E-state index contributed by atoms with van der Waals surface area (Å²) >= 11 is 0. The van der Waals surface area contributed by atoms with E-state index in [-0.39, 0.29) is 5.91 Å². The van der Waals surface area contributed by atoms with Crippen LogP contribution in [0.15, 0.2) is 60.7 Å². The van der Waals surface area contributed by atoms with E-state index in [9.17, 15) is 14.4 Å². The molecular weight excluding hydrogens is 454 g/mol. The van der Waals surface area contributed by atoms with Gasteiger partial charge in [-0.3, -0.25) is 9.59 Å². The summed E-state index contributed by atoms with van der Waals surface area (Å²) < 4.78 is 5.28. The summed E-state index contributed by atoms with van der Waals surface area (Å²) in [7, 11) is 1.58. The van der Waals surface area contributed by atoms with Crippen LogP contribution in [0.5, 0.6) is 0 Å². The molecule has 3 aromatic carbocycles. The molecule has 0 aromatic heterocycles. The van der Waals surface area contributed by atoms with Crippen molar-refractivity contribution >= 4 is 34.4 Å². The van der Waals surface area contributed by atoms with Gasteiger partial charge in [-0.25, -0.2) is 4.79 Å². The average Bonchev–Trinajstić information content (AvgIpc) is 2.79. The summed E-state index contributed by atoms with van der Waals surface area (Å²) in [6.07, 6.45) is -0.694. The first-order chi connectivity index (χ1) is 16.9. The van der Waals surface area contributed by atoms with Gasteiger partial charge in [0.15, 0.2) is 0 Å². The number of ether oxygens (including phenoxy) is 1. The van der Waals surface area contributed by atoms with Crippen LogP contribution >= 0.6 is 0 Å². The number of rotatable bonds is 6. The minimum absolute atomic E-state index is 0.344. The number of aryl methyl sites for hydroxylation is 2. The van der Waals surface area contributed by atoms with Gasteiger partial charge in [0.1, 0.15) is 17.7 Å². The number of nitrogens with one attached hydrogen (secondary N) is 2. The molecular formula is C29H35N3O4. The third-order valence-corrected chi connectivity index (χ3v) is 5.92. The summed E-state index contributed by atoms with van der Waals surface area (Å²) in [6.45, 7) is 10.7. The summed E-state index contributed by atoms with van der Waals surface area (Å²) in [6, 6.07) is 17.5. The monoisotopic (exact) mass is 489 g/mol. The summed E-state index contributed by atoms with van der Waals surface area (Å²) in [5.74, 6) is -0.759. The molecule has 36 heavy (non-hydrogen) atoms. The molecule has 0 saturated carbocycles. The highest BCUT2D eigenvalue weighted by atomic mass is 16.6. The number of alkyl carbamates (subject to hydrolysis) is 1. The van der Waals surface area contributed by atoms with Crippen LogP contribution in [0.1, 0.15) is 50.4 Å². The predicted molar refractivity (Wildman–Crippen MR) is 143 cm³/mol. The van der Waals surface area contributed by atoms with Gasteiger partial charge in [0.05, 0.1) is 0 Å². The molecule has 0 saturated heterocycles. The fourth-order valence-electron chi connectivity index (χ4n) is 4.22. The van der Waals surface area contributed by atoms with Gasteiger partial charge in [0, 0.05) is 12.7 Å². The Morgan fingerprint density at radius 2 is 1.50 bits per heavy atom. The molecule has 7 heteroatoms. The Morgan fingerprint density at radius 3 is 2.11 bits per heavy atom. The molecule has 0 bridgehead atoms. The first-order valence-electron chi connectivity index (χ1n) is 12.0. The number of anilines is 1. The quantitative estimate of drug-likeness (QED) is 0.478. The number of fused-ring (bicyclic) bond motifs is 1. The van der Waals surface area contributed by atoms with Gasteiger partial charge in [-0.15, -0.1) is 0 Å². The van der Waals surface area contributed by atoms with E-state index in [1.54, 1.807) is 34.7 Å². The lowest BCUT2D eigenvalue weighted by molar-refractivity contribution is -0.138. The summed E-state index contributed by atoms with van der Waals surface area (Å²) in [4.78, 5) is 40.7. The van der Waals surface area contributed by atoms with E-state index in [1.165, 1.54) is 4.90 Å². The lowest BCUT2D eigenvalue weighted by Crippen LogP contribution is -2.50. The van der Waals surface area contributed by atoms with Crippen LogP contribution in [0.25, 0.3) is 10.8 Å². The van der Waals surface area contributed by atoms with Gasteiger partial charge in [-0.05, 0) is 81.1 Å². The zero-order chi connectivity index (χ0) is 26.6. The first kappa shape index (κ1) is 26.7. The van der Waals surface area contributed by atoms with E-state index in [0.29, 0.717) is 5.69 Å². The Labute approximate surface area is 212 Å². The molecule has 2 atom stereocenters. The second-order valence-corrected chi connectivity index (χ2v) is 10.1. The molecule has 3 rings (SSSR count). The van der Waals surface area contributed by atoms with Gasteiger partial charge in [0.2, 0.25) is 5.91 Å². The number of hydrogen-bond donors (Lipinski definition) is 2. The maximum atomic E-state index is 13.7. The van der Waals surface area contributed by atoms with Crippen molar-refractivity contribution in [1.29, 1.82) is 0 Å². The van der Waals surface area contributed by atoms with Crippen molar-refractivity contribution in [2.75, 3.05) is 12.4 Å². The maximum absolute atomic E-state index is 13.7. The molecule has 0 radical (unpaired) electrons. The molecule has 0 fully saturated rings. The number of nitrogens with zero attached hydrogens (tertiary/aromatic N) is 1. The molecule has 2 unspecified atom stereocenters. The number of carbonyl (C=O) groups excluding carboxylic acids is 3.